The summed E-state index contributed by atoms with van der Waals surface area (Å²) < 4.78 is 0. The Morgan fingerprint density at radius 2 is 2.08 bits per heavy atom. The van der Waals surface area contributed by atoms with E-state index >= 15 is 0 Å². The largest absolute Gasteiger partial charge is 0.481 e. The molecule has 1 fully saturated rings. The van der Waals surface area contributed by atoms with E-state index in [2.05, 4.69) is 5.32 Å². The molecule has 1 amide bonds. The Bertz CT molecular complexity index is 262. The van der Waals surface area contributed by atoms with Crippen molar-refractivity contribution in [1.29, 1.82) is 0 Å². The van der Waals surface area contributed by atoms with E-state index < -0.39 is 29.8 Å². The van der Waals surface area contributed by atoms with Crippen LogP contribution in [0.2, 0.25) is 0 Å². The molecular formula is C7H9NO5. The van der Waals surface area contributed by atoms with Gasteiger partial charge < -0.3 is 15.5 Å². The first-order chi connectivity index (χ1) is 6.00. The van der Waals surface area contributed by atoms with Crippen molar-refractivity contribution in [2.75, 3.05) is 0 Å². The summed E-state index contributed by atoms with van der Waals surface area (Å²) in [5.41, 5.74) is 0. The number of carbonyl (C=O) groups is 3. The average molecular weight is 187 g/mol. The van der Waals surface area contributed by atoms with Crippen LogP contribution < -0.4 is 5.32 Å². The molecule has 0 aliphatic carbocycles. The molecule has 1 saturated heterocycles. The van der Waals surface area contributed by atoms with Crippen LogP contribution in [0.25, 0.3) is 0 Å². The first-order valence-electron chi connectivity index (χ1n) is 3.74. The maximum Gasteiger partial charge on any atom is 0.326 e. The van der Waals surface area contributed by atoms with E-state index in [4.69, 9.17) is 10.2 Å². The van der Waals surface area contributed by atoms with Gasteiger partial charge in [-0.1, -0.05) is 0 Å². The van der Waals surface area contributed by atoms with Crippen LogP contribution in [-0.2, 0) is 14.4 Å². The molecule has 0 radical (unpaired) electrons. The standard InChI is InChI=1S/C7H9NO5/c9-4-1-3(2-5(10)11)6(8-4)7(12)13/h3,6H,1-2H2,(H,8,9)(H,10,11)(H,12,13)/t3-,6+/m1/s1. The number of carbonyl (C=O) groups excluding carboxylic acids is 1. The van der Waals surface area contributed by atoms with Crippen LogP contribution in [0.1, 0.15) is 12.8 Å². The van der Waals surface area contributed by atoms with Crippen molar-refractivity contribution in [2.24, 2.45) is 5.92 Å². The lowest BCUT2D eigenvalue weighted by Crippen LogP contribution is -2.37. The molecule has 1 heterocycles. The summed E-state index contributed by atoms with van der Waals surface area (Å²) in [4.78, 5) is 31.6. The van der Waals surface area contributed by atoms with E-state index in [1.807, 2.05) is 0 Å². The van der Waals surface area contributed by atoms with Crippen LogP contribution in [0.5, 0.6) is 0 Å². The quantitative estimate of drug-likeness (QED) is 0.528. The molecule has 3 N–H and O–H groups in total. The molecule has 13 heavy (non-hydrogen) atoms. The fourth-order valence-corrected chi connectivity index (χ4v) is 1.38. The third-order valence-electron chi connectivity index (χ3n) is 1.94. The summed E-state index contributed by atoms with van der Waals surface area (Å²) in [6, 6.07) is -1.05. The molecule has 1 aliphatic rings. The minimum atomic E-state index is -1.18. The zero-order valence-electron chi connectivity index (χ0n) is 6.69. The third kappa shape index (κ3) is 2.17. The normalized spacial score (nSPS) is 26.9. The van der Waals surface area contributed by atoms with Gasteiger partial charge in [-0.05, 0) is 0 Å². The van der Waals surface area contributed by atoms with Crippen LogP contribution in [0.3, 0.4) is 0 Å². The van der Waals surface area contributed by atoms with Crippen molar-refractivity contribution in [1.82, 2.24) is 5.32 Å². The highest BCUT2D eigenvalue weighted by Crippen LogP contribution is 2.20. The minimum Gasteiger partial charge on any atom is -0.481 e. The predicted molar refractivity (Wildman–Crippen MR) is 39.9 cm³/mol. The Kier molecular flexibility index (Phi) is 2.50. The second kappa shape index (κ2) is 3.42. The van der Waals surface area contributed by atoms with E-state index in [1.54, 1.807) is 0 Å². The van der Waals surface area contributed by atoms with Gasteiger partial charge in [0.15, 0.2) is 0 Å². The molecule has 0 aromatic heterocycles. The van der Waals surface area contributed by atoms with Crippen LogP contribution in [0, 0.1) is 5.92 Å². The Hall–Kier alpha value is -1.59. The molecule has 0 aromatic rings. The number of hydrogen-bond donors (Lipinski definition) is 3. The number of nitrogens with one attached hydrogen (secondary N) is 1. The second-order valence-corrected chi connectivity index (χ2v) is 2.95. The van der Waals surface area contributed by atoms with E-state index in [1.165, 1.54) is 0 Å². The van der Waals surface area contributed by atoms with Crippen molar-refractivity contribution in [2.45, 2.75) is 18.9 Å². The lowest BCUT2D eigenvalue weighted by molar-refractivity contribution is -0.142. The average Bonchev–Trinajstić information content (AvgIpc) is 2.29. The number of carboxylic acids is 2. The van der Waals surface area contributed by atoms with Crippen molar-refractivity contribution in [3.63, 3.8) is 0 Å². The van der Waals surface area contributed by atoms with E-state index in [0.29, 0.717) is 0 Å². The van der Waals surface area contributed by atoms with Crippen molar-refractivity contribution < 1.29 is 24.6 Å². The first-order valence-corrected chi connectivity index (χ1v) is 3.74. The lowest BCUT2D eigenvalue weighted by Gasteiger charge is -2.11. The van der Waals surface area contributed by atoms with Crippen LogP contribution in [0.15, 0.2) is 0 Å². The number of aliphatic carboxylic acids is 2. The van der Waals surface area contributed by atoms with E-state index in [0.717, 1.165) is 0 Å². The van der Waals surface area contributed by atoms with Gasteiger partial charge in [0, 0.05) is 12.3 Å². The number of rotatable bonds is 3. The number of carboxylic acid groups (broad SMARTS) is 2. The van der Waals surface area contributed by atoms with Gasteiger partial charge in [0.25, 0.3) is 0 Å². The maximum absolute atomic E-state index is 10.8. The fraction of sp³-hybridized carbons (Fsp3) is 0.571. The van der Waals surface area contributed by atoms with Crippen molar-refractivity contribution in [3.8, 4) is 0 Å². The van der Waals surface area contributed by atoms with Gasteiger partial charge in [0.1, 0.15) is 6.04 Å². The Balaban J connectivity index is 2.66. The zero-order chi connectivity index (χ0) is 10.0. The fourth-order valence-electron chi connectivity index (χ4n) is 1.38. The smallest absolute Gasteiger partial charge is 0.326 e. The lowest BCUT2D eigenvalue weighted by atomic mass is 9.97. The second-order valence-electron chi connectivity index (χ2n) is 2.95. The van der Waals surface area contributed by atoms with Gasteiger partial charge in [-0.15, -0.1) is 0 Å². The highest BCUT2D eigenvalue weighted by atomic mass is 16.4. The molecule has 1 aliphatic heterocycles. The first kappa shape index (κ1) is 9.50. The zero-order valence-corrected chi connectivity index (χ0v) is 6.69. The molecule has 2 atom stereocenters. The van der Waals surface area contributed by atoms with Crippen molar-refractivity contribution in [3.05, 3.63) is 0 Å². The van der Waals surface area contributed by atoms with E-state index in [-0.39, 0.29) is 12.8 Å². The number of amides is 1. The Labute approximate surface area is 73.5 Å². The van der Waals surface area contributed by atoms with E-state index in [9.17, 15) is 14.4 Å². The molecule has 0 unspecified atom stereocenters. The molecule has 0 spiro atoms. The minimum absolute atomic E-state index is 0.0245. The highest BCUT2D eigenvalue weighted by Gasteiger charge is 2.38. The van der Waals surface area contributed by atoms with Gasteiger partial charge in [0.2, 0.25) is 5.91 Å². The highest BCUT2D eigenvalue weighted by molar-refractivity contribution is 5.88. The molecule has 0 aromatic carbocycles. The summed E-state index contributed by atoms with van der Waals surface area (Å²) in [6.07, 6.45) is -0.320. The SMILES string of the molecule is O=C(O)C[C@H]1CC(=O)N[C@@H]1C(=O)O. The summed E-state index contributed by atoms with van der Waals surface area (Å²) >= 11 is 0. The Morgan fingerprint density at radius 1 is 1.46 bits per heavy atom. The summed E-state index contributed by atoms with van der Waals surface area (Å²) in [6.45, 7) is 0. The predicted octanol–water partition coefficient (Wildman–Crippen LogP) is -0.950. The van der Waals surface area contributed by atoms with Crippen molar-refractivity contribution >= 4 is 17.8 Å². The van der Waals surface area contributed by atoms with Crippen LogP contribution in [-0.4, -0.2) is 34.1 Å². The topological polar surface area (TPSA) is 104 Å². The molecule has 6 nitrogen and oxygen atoms in total. The van der Waals surface area contributed by atoms with Gasteiger partial charge in [0.05, 0.1) is 6.42 Å². The van der Waals surface area contributed by atoms with Gasteiger partial charge >= 0.3 is 11.9 Å². The molecule has 6 heteroatoms. The molecule has 72 valence electrons. The Morgan fingerprint density at radius 3 is 2.54 bits per heavy atom. The molecular weight excluding hydrogens is 178 g/mol. The van der Waals surface area contributed by atoms with Gasteiger partial charge in [-0.25, -0.2) is 4.79 Å². The maximum atomic E-state index is 10.8. The number of hydrogen-bond acceptors (Lipinski definition) is 3. The monoisotopic (exact) mass is 187 g/mol. The third-order valence-corrected chi connectivity index (χ3v) is 1.94. The van der Waals surface area contributed by atoms with Crippen LogP contribution in [0.4, 0.5) is 0 Å². The molecule has 0 bridgehead atoms. The molecule has 0 saturated carbocycles. The molecule has 1 rings (SSSR count). The van der Waals surface area contributed by atoms with Crippen LogP contribution >= 0.6 is 0 Å². The summed E-state index contributed by atoms with van der Waals surface area (Å²) in [5.74, 6) is -3.31. The summed E-state index contributed by atoms with van der Waals surface area (Å²) in [7, 11) is 0. The summed E-state index contributed by atoms with van der Waals surface area (Å²) in [5, 5.41) is 19.2. The van der Waals surface area contributed by atoms with Gasteiger partial charge in [-0.3, -0.25) is 9.59 Å². The van der Waals surface area contributed by atoms with Gasteiger partial charge in [-0.2, -0.15) is 0 Å².